The molecule has 0 amide bonds. The highest BCUT2D eigenvalue weighted by Gasteiger charge is 2.17. The summed E-state index contributed by atoms with van der Waals surface area (Å²) in [5.74, 6) is 0.897. The maximum Gasteiger partial charge on any atom is 0.153 e. The predicted octanol–water partition coefficient (Wildman–Crippen LogP) is 2.16. The van der Waals surface area contributed by atoms with E-state index in [1.54, 1.807) is 10.9 Å². The lowest BCUT2D eigenvalue weighted by molar-refractivity contribution is 0.586. The molecular weight excluding hydrogens is 162 g/mol. The van der Waals surface area contributed by atoms with Crippen molar-refractivity contribution in [3.63, 3.8) is 0 Å². The van der Waals surface area contributed by atoms with E-state index in [1.165, 1.54) is 0 Å². The van der Waals surface area contributed by atoms with Gasteiger partial charge in [-0.25, -0.2) is 9.66 Å². The van der Waals surface area contributed by atoms with Crippen molar-refractivity contribution in [1.29, 1.82) is 0 Å². The van der Waals surface area contributed by atoms with Gasteiger partial charge in [0.15, 0.2) is 5.82 Å². The third-order valence-electron chi connectivity index (χ3n) is 2.50. The van der Waals surface area contributed by atoms with E-state index in [-0.39, 0.29) is 5.41 Å². The van der Waals surface area contributed by atoms with E-state index in [0.29, 0.717) is 0 Å². The molecule has 1 aliphatic rings. The molecule has 0 bridgehead atoms. The standard InChI is InChI=1S/C10H13N3/c1-3-10(2)5-4-9-11-6-7-13(9)12-8-10/h4-8H,3H2,1-2H3. The van der Waals surface area contributed by atoms with E-state index in [1.807, 2.05) is 18.5 Å². The summed E-state index contributed by atoms with van der Waals surface area (Å²) in [7, 11) is 0. The first-order valence-electron chi connectivity index (χ1n) is 4.52. The third-order valence-corrected chi connectivity index (χ3v) is 2.50. The summed E-state index contributed by atoms with van der Waals surface area (Å²) in [4.78, 5) is 4.18. The Hall–Kier alpha value is -1.38. The van der Waals surface area contributed by atoms with Crippen LogP contribution in [0.1, 0.15) is 26.1 Å². The first kappa shape index (κ1) is 8.23. The van der Waals surface area contributed by atoms with Crippen molar-refractivity contribution < 1.29 is 0 Å². The van der Waals surface area contributed by atoms with E-state index in [2.05, 4.69) is 30.0 Å². The molecule has 0 fully saturated rings. The number of aromatic nitrogens is 2. The monoisotopic (exact) mass is 175 g/mol. The molecule has 1 aliphatic heterocycles. The minimum Gasteiger partial charge on any atom is -0.236 e. The molecule has 0 aromatic carbocycles. The highest BCUT2D eigenvalue weighted by Crippen LogP contribution is 2.23. The van der Waals surface area contributed by atoms with Crippen LogP contribution in [0, 0.1) is 5.41 Å². The molecule has 2 heterocycles. The van der Waals surface area contributed by atoms with Gasteiger partial charge >= 0.3 is 0 Å². The number of fused-ring (bicyclic) bond motifs is 1. The Bertz CT molecular complexity index is 332. The van der Waals surface area contributed by atoms with Crippen molar-refractivity contribution in [1.82, 2.24) is 9.66 Å². The second-order valence-electron chi connectivity index (χ2n) is 3.57. The zero-order chi connectivity index (χ0) is 9.31. The van der Waals surface area contributed by atoms with Crippen LogP contribution in [0.5, 0.6) is 0 Å². The Morgan fingerprint density at radius 2 is 2.38 bits per heavy atom. The SMILES string of the molecule is CCC1(C)C=Cc2nccn2N=C1. The topological polar surface area (TPSA) is 30.2 Å². The number of hydrogen-bond donors (Lipinski definition) is 0. The Morgan fingerprint density at radius 3 is 3.15 bits per heavy atom. The summed E-state index contributed by atoms with van der Waals surface area (Å²) >= 11 is 0. The van der Waals surface area contributed by atoms with E-state index in [4.69, 9.17) is 0 Å². The molecular formula is C10H13N3. The Labute approximate surface area is 77.8 Å². The number of nitrogens with zero attached hydrogens (tertiary/aromatic N) is 3. The number of imidazole rings is 1. The van der Waals surface area contributed by atoms with Crippen molar-refractivity contribution in [3.8, 4) is 0 Å². The Balaban J connectivity index is 2.43. The van der Waals surface area contributed by atoms with Crippen LogP contribution in [0.25, 0.3) is 6.08 Å². The van der Waals surface area contributed by atoms with Crippen LogP contribution >= 0.6 is 0 Å². The Morgan fingerprint density at radius 1 is 1.54 bits per heavy atom. The van der Waals surface area contributed by atoms with Crippen molar-refractivity contribution in [2.24, 2.45) is 10.5 Å². The maximum atomic E-state index is 4.34. The highest BCUT2D eigenvalue weighted by atomic mass is 15.4. The van der Waals surface area contributed by atoms with E-state index in [9.17, 15) is 0 Å². The largest absolute Gasteiger partial charge is 0.236 e. The van der Waals surface area contributed by atoms with Gasteiger partial charge in [0.25, 0.3) is 0 Å². The van der Waals surface area contributed by atoms with E-state index >= 15 is 0 Å². The molecule has 0 saturated carbocycles. The second kappa shape index (κ2) is 2.83. The van der Waals surface area contributed by atoms with Gasteiger partial charge in [0.2, 0.25) is 0 Å². The number of allylic oxidation sites excluding steroid dienone is 1. The summed E-state index contributed by atoms with van der Waals surface area (Å²) in [6.45, 7) is 4.32. The molecule has 0 aliphatic carbocycles. The van der Waals surface area contributed by atoms with Crippen LogP contribution in [-0.2, 0) is 0 Å². The molecule has 68 valence electrons. The zero-order valence-electron chi connectivity index (χ0n) is 7.94. The van der Waals surface area contributed by atoms with Gasteiger partial charge in [0.05, 0.1) is 0 Å². The average Bonchev–Trinajstić information content (AvgIpc) is 2.54. The van der Waals surface area contributed by atoms with Gasteiger partial charge in [-0.1, -0.05) is 19.9 Å². The fraction of sp³-hybridized carbons (Fsp3) is 0.400. The lowest BCUT2D eigenvalue weighted by Crippen LogP contribution is -2.12. The minimum absolute atomic E-state index is 0.0701. The van der Waals surface area contributed by atoms with Crippen LogP contribution in [0.3, 0.4) is 0 Å². The van der Waals surface area contributed by atoms with Gasteiger partial charge in [-0.05, 0) is 12.5 Å². The second-order valence-corrected chi connectivity index (χ2v) is 3.57. The molecule has 3 nitrogen and oxygen atoms in total. The number of rotatable bonds is 1. The third kappa shape index (κ3) is 1.41. The summed E-state index contributed by atoms with van der Waals surface area (Å²) in [6, 6.07) is 0. The maximum absolute atomic E-state index is 4.34. The van der Waals surface area contributed by atoms with Crippen LogP contribution in [-0.4, -0.2) is 15.9 Å². The number of hydrogen-bond acceptors (Lipinski definition) is 2. The van der Waals surface area contributed by atoms with Gasteiger partial charge in [-0.3, -0.25) is 0 Å². The normalized spacial score (nSPS) is 25.7. The molecule has 1 atom stereocenters. The van der Waals surface area contributed by atoms with Crippen molar-refractivity contribution >= 4 is 12.3 Å². The molecule has 1 aromatic heterocycles. The predicted molar refractivity (Wildman–Crippen MR) is 53.5 cm³/mol. The summed E-state index contributed by atoms with van der Waals surface area (Å²) < 4.78 is 1.79. The highest BCUT2D eigenvalue weighted by molar-refractivity contribution is 5.71. The summed E-state index contributed by atoms with van der Waals surface area (Å²) in [5, 5.41) is 4.34. The fourth-order valence-electron chi connectivity index (χ4n) is 1.24. The lowest BCUT2D eigenvalue weighted by Gasteiger charge is -2.15. The first-order chi connectivity index (χ1) is 6.23. The zero-order valence-corrected chi connectivity index (χ0v) is 7.94. The van der Waals surface area contributed by atoms with Gasteiger partial charge in [-0.15, -0.1) is 0 Å². The van der Waals surface area contributed by atoms with Crippen LogP contribution in [0.15, 0.2) is 23.6 Å². The van der Waals surface area contributed by atoms with Crippen molar-refractivity contribution in [2.45, 2.75) is 20.3 Å². The molecule has 0 saturated heterocycles. The van der Waals surface area contributed by atoms with Gasteiger partial charge in [-0.2, -0.15) is 5.10 Å². The lowest BCUT2D eigenvalue weighted by atomic mass is 9.89. The van der Waals surface area contributed by atoms with Gasteiger partial charge in [0.1, 0.15) is 0 Å². The van der Waals surface area contributed by atoms with Crippen LogP contribution < -0.4 is 0 Å². The molecule has 0 radical (unpaired) electrons. The Kier molecular flexibility index (Phi) is 1.79. The van der Waals surface area contributed by atoms with Gasteiger partial charge < -0.3 is 0 Å². The minimum atomic E-state index is 0.0701. The smallest absolute Gasteiger partial charge is 0.153 e. The van der Waals surface area contributed by atoms with Crippen LogP contribution in [0.4, 0.5) is 0 Å². The van der Waals surface area contributed by atoms with Crippen LogP contribution in [0.2, 0.25) is 0 Å². The van der Waals surface area contributed by atoms with Crippen molar-refractivity contribution in [3.05, 3.63) is 24.3 Å². The van der Waals surface area contributed by atoms with Gasteiger partial charge in [0, 0.05) is 24.0 Å². The molecule has 3 heteroatoms. The fourth-order valence-corrected chi connectivity index (χ4v) is 1.24. The van der Waals surface area contributed by atoms with E-state index < -0.39 is 0 Å². The summed E-state index contributed by atoms with van der Waals surface area (Å²) in [5.41, 5.74) is 0.0701. The van der Waals surface area contributed by atoms with Crippen molar-refractivity contribution in [2.75, 3.05) is 0 Å². The summed E-state index contributed by atoms with van der Waals surface area (Å²) in [6.07, 6.45) is 10.8. The molecule has 0 spiro atoms. The molecule has 0 N–H and O–H groups in total. The van der Waals surface area contributed by atoms with E-state index in [0.717, 1.165) is 12.2 Å². The molecule has 13 heavy (non-hydrogen) atoms. The molecule has 1 aromatic rings. The molecule has 1 unspecified atom stereocenters. The average molecular weight is 175 g/mol. The first-order valence-corrected chi connectivity index (χ1v) is 4.52. The molecule has 2 rings (SSSR count). The quantitative estimate of drug-likeness (QED) is 0.643.